The summed E-state index contributed by atoms with van der Waals surface area (Å²) in [6, 6.07) is -1.24. The maximum atomic E-state index is 12.5. The van der Waals surface area contributed by atoms with E-state index in [4.69, 9.17) is 13.9 Å². The lowest BCUT2D eigenvalue weighted by molar-refractivity contribution is -0.150. The molecule has 12 heteroatoms. The van der Waals surface area contributed by atoms with Crippen LogP contribution in [0, 0.1) is 6.92 Å². The molecule has 0 saturated heterocycles. The van der Waals surface area contributed by atoms with Crippen LogP contribution >= 0.6 is 11.8 Å². The normalized spacial score (nSPS) is 12.0. The van der Waals surface area contributed by atoms with Gasteiger partial charge in [-0.3, -0.25) is 9.59 Å². The van der Waals surface area contributed by atoms with Gasteiger partial charge in [-0.1, -0.05) is 0 Å². The Kier molecular flexibility index (Phi) is 8.29. The standard InChI is InChI=1S/C16H21NO10S/c1-8-11(27-14(21)26-8)6-23-13(20)12(17-9(2)18)16(4,5)28-15(22)25-7-24-10(3)19/h12H,6-7H2,1-5H3,(H,17,18)/t12-/m0/s1. The number of nitrogens with one attached hydrogen (secondary N) is 1. The SMILES string of the molecule is CC(=O)N[C@@H](C(=O)OCc1oc(=O)oc1C)C(C)(C)SC(=O)OCOC(C)=O. The number of thioether (sulfide) groups is 1. The molecule has 1 rings (SSSR count). The van der Waals surface area contributed by atoms with Crippen molar-refractivity contribution in [2.75, 3.05) is 6.79 Å². The smallest absolute Gasteiger partial charge is 0.456 e. The Morgan fingerprint density at radius 3 is 2.25 bits per heavy atom. The van der Waals surface area contributed by atoms with Gasteiger partial charge in [0.25, 0.3) is 0 Å². The van der Waals surface area contributed by atoms with E-state index in [9.17, 15) is 24.0 Å². The summed E-state index contributed by atoms with van der Waals surface area (Å²) in [6.45, 7) is 5.84. The van der Waals surface area contributed by atoms with E-state index in [1.165, 1.54) is 27.7 Å². The number of amides is 1. The highest BCUT2D eigenvalue weighted by Crippen LogP contribution is 2.31. The molecule has 0 fully saturated rings. The van der Waals surface area contributed by atoms with Crippen molar-refractivity contribution in [1.29, 1.82) is 0 Å². The van der Waals surface area contributed by atoms with Crippen LogP contribution < -0.4 is 11.1 Å². The fourth-order valence-corrected chi connectivity index (χ4v) is 2.72. The number of carbonyl (C=O) groups excluding carboxylic acids is 4. The molecule has 0 aliphatic heterocycles. The fraction of sp³-hybridized carbons (Fsp3) is 0.562. The highest BCUT2D eigenvalue weighted by molar-refractivity contribution is 8.14. The third-order valence-electron chi connectivity index (χ3n) is 3.25. The molecule has 1 heterocycles. The topological polar surface area (TPSA) is 151 Å². The average Bonchev–Trinajstić information content (AvgIpc) is 2.86. The van der Waals surface area contributed by atoms with Crippen LogP contribution in [0.15, 0.2) is 13.6 Å². The lowest BCUT2D eigenvalue weighted by Gasteiger charge is -2.31. The van der Waals surface area contributed by atoms with Crippen LogP contribution in [-0.2, 0) is 35.2 Å². The predicted molar refractivity (Wildman–Crippen MR) is 94.2 cm³/mol. The van der Waals surface area contributed by atoms with Gasteiger partial charge < -0.3 is 28.4 Å². The summed E-state index contributed by atoms with van der Waals surface area (Å²) < 4.78 is 22.5. The second-order valence-corrected chi connectivity index (χ2v) is 7.62. The van der Waals surface area contributed by atoms with Gasteiger partial charge >= 0.3 is 23.1 Å². The monoisotopic (exact) mass is 419 g/mol. The minimum atomic E-state index is -1.24. The second-order valence-electron chi connectivity index (χ2n) is 6.03. The summed E-state index contributed by atoms with van der Waals surface area (Å²) in [5.41, 5.74) is 0. The molecular weight excluding hydrogens is 398 g/mol. The Bertz CT molecular complexity index is 794. The first-order chi connectivity index (χ1) is 12.9. The molecule has 1 atom stereocenters. The number of hydrogen-bond donors (Lipinski definition) is 1. The summed E-state index contributed by atoms with van der Waals surface area (Å²) >= 11 is 0.601. The maximum Gasteiger partial charge on any atom is 0.519 e. The van der Waals surface area contributed by atoms with E-state index >= 15 is 0 Å². The quantitative estimate of drug-likeness (QED) is 0.479. The molecule has 0 saturated carbocycles. The van der Waals surface area contributed by atoms with Gasteiger partial charge in [0.1, 0.15) is 6.04 Å². The first-order valence-electron chi connectivity index (χ1n) is 7.94. The van der Waals surface area contributed by atoms with E-state index in [1.54, 1.807) is 0 Å². The van der Waals surface area contributed by atoms with Gasteiger partial charge in [-0.25, -0.2) is 14.4 Å². The Balaban J connectivity index is 2.79. The van der Waals surface area contributed by atoms with Crippen molar-refractivity contribution in [2.24, 2.45) is 0 Å². The molecule has 0 aromatic carbocycles. The third kappa shape index (κ3) is 7.47. The Labute approximate surface area is 164 Å². The highest BCUT2D eigenvalue weighted by Gasteiger charge is 2.40. The molecule has 156 valence electrons. The summed E-state index contributed by atoms with van der Waals surface area (Å²) in [4.78, 5) is 57.6. The van der Waals surface area contributed by atoms with Gasteiger partial charge in [-0.15, -0.1) is 0 Å². The zero-order valence-electron chi connectivity index (χ0n) is 16.0. The molecule has 11 nitrogen and oxygen atoms in total. The highest BCUT2D eigenvalue weighted by atomic mass is 32.2. The minimum Gasteiger partial charge on any atom is -0.456 e. The van der Waals surface area contributed by atoms with Crippen LogP contribution in [0.2, 0.25) is 0 Å². The largest absolute Gasteiger partial charge is 0.519 e. The van der Waals surface area contributed by atoms with Crippen molar-refractivity contribution in [3.63, 3.8) is 0 Å². The number of carbonyl (C=O) groups is 4. The summed E-state index contributed by atoms with van der Waals surface area (Å²) in [7, 11) is 0. The lowest BCUT2D eigenvalue weighted by Crippen LogP contribution is -2.53. The predicted octanol–water partition coefficient (Wildman–Crippen LogP) is 1.26. The molecule has 0 unspecified atom stereocenters. The number of esters is 2. The molecule has 1 amide bonds. The van der Waals surface area contributed by atoms with E-state index in [1.807, 2.05) is 0 Å². The lowest BCUT2D eigenvalue weighted by atomic mass is 10.0. The van der Waals surface area contributed by atoms with E-state index in [2.05, 4.69) is 14.5 Å². The molecule has 0 radical (unpaired) electrons. The van der Waals surface area contributed by atoms with Crippen LogP contribution in [-0.4, -0.2) is 40.7 Å². The van der Waals surface area contributed by atoms with Crippen LogP contribution in [0.5, 0.6) is 0 Å². The van der Waals surface area contributed by atoms with Crippen LogP contribution in [0.4, 0.5) is 4.79 Å². The first kappa shape index (κ1) is 23.3. The van der Waals surface area contributed by atoms with Crippen LogP contribution in [0.1, 0.15) is 39.2 Å². The van der Waals surface area contributed by atoms with E-state index < -0.39 is 53.2 Å². The van der Waals surface area contributed by atoms with Crippen molar-refractivity contribution in [3.8, 4) is 0 Å². The van der Waals surface area contributed by atoms with E-state index in [-0.39, 0.29) is 11.5 Å². The Hall–Kier alpha value is -2.76. The van der Waals surface area contributed by atoms with Crippen LogP contribution in [0.3, 0.4) is 0 Å². The van der Waals surface area contributed by atoms with Gasteiger partial charge in [0, 0.05) is 13.8 Å². The Morgan fingerprint density at radius 1 is 1.11 bits per heavy atom. The summed E-state index contributed by atoms with van der Waals surface area (Å²) in [6.07, 6.45) is 0. The second kappa shape index (κ2) is 9.97. The van der Waals surface area contributed by atoms with Crippen molar-refractivity contribution >= 4 is 34.9 Å². The van der Waals surface area contributed by atoms with Crippen LogP contribution in [0.25, 0.3) is 0 Å². The van der Waals surface area contributed by atoms with Crippen molar-refractivity contribution in [2.45, 2.75) is 52.0 Å². The molecule has 0 aliphatic rings. The zero-order valence-corrected chi connectivity index (χ0v) is 16.8. The molecule has 1 aromatic heterocycles. The fourth-order valence-electron chi connectivity index (χ4n) is 1.91. The maximum absolute atomic E-state index is 12.5. The molecule has 0 spiro atoms. The third-order valence-corrected chi connectivity index (χ3v) is 4.29. The molecule has 0 bridgehead atoms. The molecular formula is C16H21NO10S. The number of rotatable bonds is 8. The van der Waals surface area contributed by atoms with Crippen molar-refractivity contribution < 1.29 is 42.2 Å². The number of ether oxygens (including phenoxy) is 3. The Morgan fingerprint density at radius 2 is 1.75 bits per heavy atom. The minimum absolute atomic E-state index is 0.0196. The van der Waals surface area contributed by atoms with Gasteiger partial charge in [0.15, 0.2) is 18.1 Å². The van der Waals surface area contributed by atoms with E-state index in [0.717, 1.165) is 6.92 Å². The molecule has 1 aromatic rings. The first-order valence-corrected chi connectivity index (χ1v) is 8.76. The summed E-state index contributed by atoms with van der Waals surface area (Å²) in [5.74, 6) is -2.80. The average molecular weight is 419 g/mol. The summed E-state index contributed by atoms with van der Waals surface area (Å²) in [5, 5.41) is 1.58. The van der Waals surface area contributed by atoms with E-state index in [0.29, 0.717) is 11.8 Å². The van der Waals surface area contributed by atoms with Gasteiger partial charge in [-0.2, -0.15) is 0 Å². The molecule has 0 aliphatic carbocycles. The molecule has 1 N–H and O–H groups in total. The van der Waals surface area contributed by atoms with Gasteiger partial charge in [0.2, 0.25) is 12.7 Å². The molecule has 28 heavy (non-hydrogen) atoms. The zero-order chi connectivity index (χ0) is 21.5. The number of aryl methyl sites for hydroxylation is 1. The van der Waals surface area contributed by atoms with Crippen molar-refractivity contribution in [3.05, 3.63) is 22.1 Å². The van der Waals surface area contributed by atoms with Gasteiger partial charge in [0.05, 0.1) is 4.75 Å². The van der Waals surface area contributed by atoms with Crippen molar-refractivity contribution in [1.82, 2.24) is 5.32 Å². The van der Waals surface area contributed by atoms with Gasteiger partial charge in [-0.05, 0) is 32.5 Å². The number of hydrogen-bond acceptors (Lipinski definition) is 11.